The lowest BCUT2D eigenvalue weighted by Crippen LogP contribution is -2.02. The molecule has 2 aromatic rings. The third-order valence-corrected chi connectivity index (χ3v) is 4.24. The van der Waals surface area contributed by atoms with Gasteiger partial charge in [0, 0.05) is 5.75 Å². The van der Waals surface area contributed by atoms with E-state index in [-0.39, 0.29) is 0 Å². The number of methoxy groups -OCH3 is 2. The summed E-state index contributed by atoms with van der Waals surface area (Å²) in [5, 5.41) is 0.399. The average molecular weight is 323 g/mol. The molecule has 0 aliphatic rings. The molecule has 0 saturated heterocycles. The van der Waals surface area contributed by atoms with E-state index in [1.54, 1.807) is 31.0 Å². The highest BCUT2D eigenvalue weighted by Gasteiger charge is 2.15. The highest BCUT2D eigenvalue weighted by atomic mass is 35.5. The second kappa shape index (κ2) is 7.38. The summed E-state index contributed by atoms with van der Waals surface area (Å²) in [4.78, 5) is 12.5. The summed E-state index contributed by atoms with van der Waals surface area (Å²) in [6.45, 7) is 0. The van der Waals surface area contributed by atoms with E-state index in [0.717, 1.165) is 10.6 Å². The summed E-state index contributed by atoms with van der Waals surface area (Å²) in [6.07, 6.45) is 0. The van der Waals surface area contributed by atoms with Gasteiger partial charge in [0.15, 0.2) is 5.75 Å². The second-order valence-corrected chi connectivity index (χ2v) is 5.68. The Bertz CT molecular complexity index is 629. The van der Waals surface area contributed by atoms with Gasteiger partial charge in [-0.2, -0.15) is 0 Å². The summed E-state index contributed by atoms with van der Waals surface area (Å²) in [5.74, 6) is 0.921. The second-order valence-electron chi connectivity index (χ2n) is 4.26. The van der Waals surface area contributed by atoms with E-state index in [4.69, 9.17) is 21.1 Å². The Morgan fingerprint density at radius 3 is 2.52 bits per heavy atom. The van der Waals surface area contributed by atoms with Crippen molar-refractivity contribution in [1.82, 2.24) is 0 Å². The maximum absolute atomic E-state index is 11.7. The van der Waals surface area contributed by atoms with E-state index >= 15 is 0 Å². The molecule has 0 N–H and O–H groups in total. The summed E-state index contributed by atoms with van der Waals surface area (Å²) < 4.78 is 10.1. The maximum Gasteiger partial charge on any atom is 0.337 e. The van der Waals surface area contributed by atoms with Crippen molar-refractivity contribution in [2.45, 2.75) is 10.6 Å². The van der Waals surface area contributed by atoms with E-state index in [1.807, 2.05) is 30.3 Å². The van der Waals surface area contributed by atoms with E-state index in [2.05, 4.69) is 0 Å². The first-order valence-corrected chi connectivity index (χ1v) is 7.64. The number of benzene rings is 2. The number of ether oxygens (including phenoxy) is 2. The topological polar surface area (TPSA) is 35.5 Å². The SMILES string of the molecule is COC(=O)c1cc(Cl)c(OC)c(SCc2ccccc2)c1. The number of thioether (sulfide) groups is 1. The number of hydrogen-bond acceptors (Lipinski definition) is 4. The van der Waals surface area contributed by atoms with Crippen molar-refractivity contribution in [2.24, 2.45) is 0 Å². The molecule has 0 spiro atoms. The summed E-state index contributed by atoms with van der Waals surface area (Å²) in [5.41, 5.74) is 1.60. The Hall–Kier alpha value is -1.65. The molecular formula is C16H15ClO3S. The molecule has 0 aromatic heterocycles. The smallest absolute Gasteiger partial charge is 0.337 e. The van der Waals surface area contributed by atoms with Crippen LogP contribution in [0.1, 0.15) is 15.9 Å². The van der Waals surface area contributed by atoms with Crippen LogP contribution in [0.25, 0.3) is 0 Å². The molecule has 0 atom stereocenters. The number of halogens is 1. The van der Waals surface area contributed by atoms with Gasteiger partial charge in [-0.05, 0) is 17.7 Å². The van der Waals surface area contributed by atoms with Crippen LogP contribution in [-0.4, -0.2) is 20.2 Å². The summed E-state index contributed by atoms with van der Waals surface area (Å²) >= 11 is 7.74. The Balaban J connectivity index is 2.27. The van der Waals surface area contributed by atoms with Crippen LogP contribution in [0.3, 0.4) is 0 Å². The van der Waals surface area contributed by atoms with Gasteiger partial charge in [0.05, 0.1) is 29.7 Å². The molecule has 110 valence electrons. The van der Waals surface area contributed by atoms with E-state index in [9.17, 15) is 4.79 Å². The highest BCUT2D eigenvalue weighted by Crippen LogP contribution is 2.38. The fraction of sp³-hybridized carbons (Fsp3) is 0.188. The molecule has 0 bridgehead atoms. The number of rotatable bonds is 5. The van der Waals surface area contributed by atoms with Crippen LogP contribution in [0.4, 0.5) is 0 Å². The minimum absolute atomic E-state index is 0.399. The lowest BCUT2D eigenvalue weighted by molar-refractivity contribution is 0.0600. The van der Waals surface area contributed by atoms with Crippen molar-refractivity contribution in [2.75, 3.05) is 14.2 Å². The van der Waals surface area contributed by atoms with Crippen LogP contribution in [-0.2, 0) is 10.5 Å². The molecule has 21 heavy (non-hydrogen) atoms. The van der Waals surface area contributed by atoms with Gasteiger partial charge >= 0.3 is 5.97 Å². The van der Waals surface area contributed by atoms with Gasteiger partial charge in [0.1, 0.15) is 0 Å². The van der Waals surface area contributed by atoms with E-state index in [0.29, 0.717) is 16.3 Å². The third kappa shape index (κ3) is 3.93. The lowest BCUT2D eigenvalue weighted by atomic mass is 10.2. The summed E-state index contributed by atoms with van der Waals surface area (Å²) in [7, 11) is 2.91. The van der Waals surface area contributed by atoms with Gasteiger partial charge in [-0.25, -0.2) is 4.79 Å². The number of hydrogen-bond donors (Lipinski definition) is 0. The molecule has 0 aliphatic heterocycles. The zero-order valence-corrected chi connectivity index (χ0v) is 13.3. The minimum Gasteiger partial charge on any atom is -0.494 e. The molecule has 0 saturated carbocycles. The molecule has 5 heteroatoms. The van der Waals surface area contributed by atoms with Crippen molar-refractivity contribution in [3.8, 4) is 5.75 Å². The molecule has 0 heterocycles. The van der Waals surface area contributed by atoms with Gasteiger partial charge in [0.2, 0.25) is 0 Å². The van der Waals surface area contributed by atoms with Gasteiger partial charge < -0.3 is 9.47 Å². The van der Waals surface area contributed by atoms with Gasteiger partial charge in [-0.15, -0.1) is 11.8 Å². The Morgan fingerprint density at radius 1 is 1.19 bits per heavy atom. The molecule has 0 aliphatic carbocycles. The number of esters is 1. The standard InChI is InChI=1S/C16H15ClO3S/c1-19-15-13(17)8-12(16(18)20-2)9-14(15)21-10-11-6-4-3-5-7-11/h3-9H,10H2,1-2H3. The first-order valence-electron chi connectivity index (χ1n) is 6.28. The van der Waals surface area contributed by atoms with Crippen molar-refractivity contribution in [3.05, 3.63) is 58.6 Å². The van der Waals surface area contributed by atoms with Crippen LogP contribution < -0.4 is 4.74 Å². The van der Waals surface area contributed by atoms with Crippen LogP contribution >= 0.6 is 23.4 Å². The Morgan fingerprint density at radius 2 is 1.90 bits per heavy atom. The zero-order valence-electron chi connectivity index (χ0n) is 11.8. The molecule has 0 amide bonds. The predicted molar refractivity (Wildman–Crippen MR) is 85.3 cm³/mol. The Labute approximate surface area is 133 Å². The number of carbonyl (C=O) groups is 1. The van der Waals surface area contributed by atoms with Crippen LogP contribution in [0.2, 0.25) is 5.02 Å². The molecule has 0 radical (unpaired) electrons. The monoisotopic (exact) mass is 322 g/mol. The fourth-order valence-electron chi connectivity index (χ4n) is 1.84. The van der Waals surface area contributed by atoms with Gasteiger partial charge in [-0.1, -0.05) is 41.9 Å². The largest absolute Gasteiger partial charge is 0.494 e. The molecule has 2 rings (SSSR count). The highest BCUT2D eigenvalue weighted by molar-refractivity contribution is 7.98. The van der Waals surface area contributed by atoms with Crippen molar-refractivity contribution >= 4 is 29.3 Å². The van der Waals surface area contributed by atoms with E-state index < -0.39 is 5.97 Å². The molecule has 3 nitrogen and oxygen atoms in total. The molecular weight excluding hydrogens is 308 g/mol. The molecule has 2 aromatic carbocycles. The zero-order chi connectivity index (χ0) is 15.2. The van der Waals surface area contributed by atoms with Crippen molar-refractivity contribution in [3.63, 3.8) is 0 Å². The first-order chi connectivity index (χ1) is 10.2. The lowest BCUT2D eigenvalue weighted by Gasteiger charge is -2.12. The fourth-order valence-corrected chi connectivity index (χ4v) is 3.25. The third-order valence-electron chi connectivity index (χ3n) is 2.87. The van der Waals surface area contributed by atoms with Crippen LogP contribution in [0.5, 0.6) is 5.75 Å². The maximum atomic E-state index is 11.7. The molecule has 0 fully saturated rings. The van der Waals surface area contributed by atoms with Crippen molar-refractivity contribution in [1.29, 1.82) is 0 Å². The predicted octanol–water partition coefficient (Wildman–Crippen LogP) is 4.43. The van der Waals surface area contributed by atoms with Crippen LogP contribution in [0, 0.1) is 0 Å². The van der Waals surface area contributed by atoms with E-state index in [1.165, 1.54) is 12.7 Å². The molecule has 0 unspecified atom stereocenters. The van der Waals surface area contributed by atoms with Gasteiger partial charge in [-0.3, -0.25) is 0 Å². The summed E-state index contributed by atoms with van der Waals surface area (Å²) in [6, 6.07) is 13.3. The average Bonchev–Trinajstić information content (AvgIpc) is 2.52. The Kier molecular flexibility index (Phi) is 5.53. The quantitative estimate of drug-likeness (QED) is 0.602. The van der Waals surface area contributed by atoms with Crippen LogP contribution in [0.15, 0.2) is 47.4 Å². The number of carbonyl (C=O) groups excluding carboxylic acids is 1. The first kappa shape index (κ1) is 15.7. The van der Waals surface area contributed by atoms with Gasteiger partial charge in [0.25, 0.3) is 0 Å². The minimum atomic E-state index is -0.416. The van der Waals surface area contributed by atoms with Crippen molar-refractivity contribution < 1.29 is 14.3 Å². The normalized spacial score (nSPS) is 10.2.